The Labute approximate surface area is 119 Å². The second-order valence-corrected chi connectivity index (χ2v) is 6.19. The van der Waals surface area contributed by atoms with Gasteiger partial charge in [0.2, 0.25) is 5.91 Å². The van der Waals surface area contributed by atoms with Gasteiger partial charge in [0, 0.05) is 13.6 Å². The molecule has 19 heavy (non-hydrogen) atoms. The number of amides is 2. The molecule has 5 nitrogen and oxygen atoms in total. The first-order valence-electron chi connectivity index (χ1n) is 6.53. The lowest BCUT2D eigenvalue weighted by molar-refractivity contribution is -0.129. The molecule has 0 spiro atoms. The van der Waals surface area contributed by atoms with E-state index in [9.17, 15) is 9.59 Å². The molecule has 0 aliphatic heterocycles. The molecule has 1 fully saturated rings. The normalized spacial score (nSPS) is 16.7. The van der Waals surface area contributed by atoms with Crippen molar-refractivity contribution in [3.8, 4) is 0 Å². The van der Waals surface area contributed by atoms with Crippen LogP contribution in [0.4, 0.5) is 4.79 Å². The molecule has 1 aliphatic rings. The number of halogens is 1. The van der Waals surface area contributed by atoms with E-state index < -0.39 is 11.7 Å². The molecule has 1 atom stereocenters. The van der Waals surface area contributed by atoms with Crippen molar-refractivity contribution in [1.82, 2.24) is 10.2 Å². The summed E-state index contributed by atoms with van der Waals surface area (Å²) < 4.78 is 5.18. The minimum Gasteiger partial charge on any atom is -0.444 e. The van der Waals surface area contributed by atoms with Gasteiger partial charge in [-0.3, -0.25) is 4.79 Å². The number of alkyl halides is 1. The molecule has 0 aromatic carbocycles. The number of carbonyl (C=O) groups is 2. The maximum atomic E-state index is 11.6. The smallest absolute Gasteiger partial charge is 0.407 e. The third-order valence-corrected chi connectivity index (χ3v) is 3.25. The number of likely N-dealkylation sites (N-methyl/N-ethyl adjacent to an activating group) is 1. The summed E-state index contributed by atoms with van der Waals surface area (Å²) >= 11 is 5.56. The lowest BCUT2D eigenvalue weighted by Crippen LogP contribution is -2.47. The van der Waals surface area contributed by atoms with Gasteiger partial charge in [-0.05, 0) is 39.5 Å². The maximum absolute atomic E-state index is 11.6. The molecular weight excluding hydrogens is 268 g/mol. The van der Waals surface area contributed by atoms with Gasteiger partial charge in [0.25, 0.3) is 0 Å². The molecule has 0 radical (unpaired) electrons. The highest BCUT2D eigenvalue weighted by Crippen LogP contribution is 2.34. The fraction of sp³-hybridized carbons (Fsp3) is 0.846. The van der Waals surface area contributed by atoms with Gasteiger partial charge in [0.1, 0.15) is 11.5 Å². The van der Waals surface area contributed by atoms with E-state index in [1.807, 2.05) is 20.8 Å². The van der Waals surface area contributed by atoms with Crippen molar-refractivity contribution >= 4 is 23.6 Å². The molecule has 1 unspecified atom stereocenters. The molecule has 0 bridgehead atoms. The molecular formula is C13H23ClN2O3. The molecule has 1 aliphatic carbocycles. The lowest BCUT2D eigenvalue weighted by atomic mass is 10.1. The summed E-state index contributed by atoms with van der Waals surface area (Å²) in [6, 6.07) is -0.00114. The van der Waals surface area contributed by atoms with Crippen molar-refractivity contribution in [2.75, 3.05) is 19.5 Å². The number of carbonyl (C=O) groups excluding carboxylic acids is 2. The highest BCUT2D eigenvalue weighted by molar-refractivity contribution is 6.27. The SMILES string of the molecule is CN(C(=O)CCl)C(CNC(=O)OC(C)(C)C)C1CC1. The average Bonchev–Trinajstić information content (AvgIpc) is 3.09. The minimum atomic E-state index is -0.517. The van der Waals surface area contributed by atoms with Crippen LogP contribution < -0.4 is 5.32 Å². The van der Waals surface area contributed by atoms with Gasteiger partial charge in [-0.2, -0.15) is 0 Å². The Morgan fingerprint density at radius 2 is 2.00 bits per heavy atom. The number of alkyl carbamates (subject to hydrolysis) is 1. The van der Waals surface area contributed by atoms with Gasteiger partial charge in [0.05, 0.1) is 6.04 Å². The first-order chi connectivity index (χ1) is 8.74. The Hall–Kier alpha value is -0.970. The van der Waals surface area contributed by atoms with Gasteiger partial charge in [-0.1, -0.05) is 0 Å². The van der Waals surface area contributed by atoms with Crippen LogP contribution in [0.15, 0.2) is 0 Å². The third-order valence-electron chi connectivity index (χ3n) is 3.03. The van der Waals surface area contributed by atoms with Gasteiger partial charge in [-0.15, -0.1) is 11.6 Å². The highest BCUT2D eigenvalue weighted by atomic mass is 35.5. The Balaban J connectivity index is 2.47. The number of nitrogens with zero attached hydrogens (tertiary/aromatic N) is 1. The summed E-state index contributed by atoms with van der Waals surface area (Å²) in [5.74, 6) is 0.295. The van der Waals surface area contributed by atoms with Crippen molar-refractivity contribution in [1.29, 1.82) is 0 Å². The van der Waals surface area contributed by atoms with E-state index in [0.717, 1.165) is 12.8 Å². The first-order valence-corrected chi connectivity index (χ1v) is 7.06. The van der Waals surface area contributed by atoms with E-state index in [-0.39, 0.29) is 17.8 Å². The van der Waals surface area contributed by atoms with Crippen LogP contribution in [-0.2, 0) is 9.53 Å². The zero-order valence-electron chi connectivity index (χ0n) is 12.0. The fourth-order valence-corrected chi connectivity index (χ4v) is 2.07. The Bertz CT molecular complexity index is 337. The van der Waals surface area contributed by atoms with Crippen molar-refractivity contribution in [2.45, 2.75) is 45.3 Å². The molecule has 1 saturated carbocycles. The summed E-state index contributed by atoms with van der Waals surface area (Å²) in [5, 5.41) is 2.72. The lowest BCUT2D eigenvalue weighted by Gasteiger charge is -2.28. The van der Waals surface area contributed by atoms with E-state index in [2.05, 4.69) is 5.32 Å². The molecule has 0 heterocycles. The van der Waals surface area contributed by atoms with Crippen molar-refractivity contribution in [3.05, 3.63) is 0 Å². The van der Waals surface area contributed by atoms with Crippen molar-refractivity contribution in [3.63, 3.8) is 0 Å². The summed E-state index contributed by atoms with van der Waals surface area (Å²) in [6.07, 6.45) is 1.71. The predicted molar refractivity (Wildman–Crippen MR) is 74.2 cm³/mol. The van der Waals surface area contributed by atoms with Crippen LogP contribution in [0.1, 0.15) is 33.6 Å². The van der Waals surface area contributed by atoms with Gasteiger partial charge in [0.15, 0.2) is 0 Å². The third kappa shape index (κ3) is 5.68. The number of nitrogens with one attached hydrogen (secondary N) is 1. The number of rotatable bonds is 5. The minimum absolute atomic E-state index is 0.00114. The van der Waals surface area contributed by atoms with Crippen molar-refractivity contribution < 1.29 is 14.3 Å². The molecule has 1 N–H and O–H groups in total. The average molecular weight is 291 g/mol. The molecule has 110 valence electrons. The number of hydrogen-bond acceptors (Lipinski definition) is 3. The second kappa shape index (κ2) is 6.46. The Kier molecular flexibility index (Phi) is 5.47. The molecule has 1 rings (SSSR count). The highest BCUT2D eigenvalue weighted by Gasteiger charge is 2.35. The molecule has 6 heteroatoms. The zero-order chi connectivity index (χ0) is 14.6. The van der Waals surface area contributed by atoms with Crippen LogP contribution in [-0.4, -0.2) is 48.0 Å². The second-order valence-electron chi connectivity index (χ2n) is 5.93. The maximum Gasteiger partial charge on any atom is 0.407 e. The van der Waals surface area contributed by atoms with Crippen molar-refractivity contribution in [2.24, 2.45) is 5.92 Å². The zero-order valence-corrected chi connectivity index (χ0v) is 12.8. The molecule has 0 aromatic heterocycles. The summed E-state index contributed by atoms with van der Waals surface area (Å²) in [6.45, 7) is 5.84. The Morgan fingerprint density at radius 3 is 2.42 bits per heavy atom. The van der Waals surface area contributed by atoms with Gasteiger partial charge in [-0.25, -0.2) is 4.79 Å². The van der Waals surface area contributed by atoms with Gasteiger partial charge < -0.3 is 15.0 Å². The predicted octanol–water partition coefficient (Wildman–Crippen LogP) is 1.99. The molecule has 0 saturated heterocycles. The van der Waals surface area contributed by atoms with Crippen LogP contribution in [0.3, 0.4) is 0 Å². The topological polar surface area (TPSA) is 58.6 Å². The van der Waals surface area contributed by atoms with E-state index >= 15 is 0 Å². The van der Waals surface area contributed by atoms with E-state index in [1.165, 1.54) is 0 Å². The summed E-state index contributed by atoms with van der Waals surface area (Å²) in [5.41, 5.74) is -0.517. The summed E-state index contributed by atoms with van der Waals surface area (Å²) in [4.78, 5) is 24.8. The Morgan fingerprint density at radius 1 is 1.42 bits per heavy atom. The standard InChI is InChI=1S/C13H23ClN2O3/c1-13(2,3)19-12(18)15-8-10(9-5-6-9)16(4)11(17)7-14/h9-10H,5-8H2,1-4H3,(H,15,18). The van der Waals surface area contributed by atoms with Crippen LogP contribution >= 0.6 is 11.6 Å². The van der Waals surface area contributed by atoms with Crippen LogP contribution in [0.2, 0.25) is 0 Å². The first kappa shape index (κ1) is 16.1. The fourth-order valence-electron chi connectivity index (χ4n) is 1.88. The number of hydrogen-bond donors (Lipinski definition) is 1. The van der Waals surface area contributed by atoms with E-state index in [4.69, 9.17) is 16.3 Å². The van der Waals surface area contributed by atoms with Crippen LogP contribution in [0.25, 0.3) is 0 Å². The van der Waals surface area contributed by atoms with Crippen LogP contribution in [0, 0.1) is 5.92 Å². The molecule has 2 amide bonds. The summed E-state index contributed by atoms with van der Waals surface area (Å²) in [7, 11) is 1.73. The largest absolute Gasteiger partial charge is 0.444 e. The van der Waals surface area contributed by atoms with E-state index in [1.54, 1.807) is 11.9 Å². The van der Waals surface area contributed by atoms with Gasteiger partial charge >= 0.3 is 6.09 Å². The monoisotopic (exact) mass is 290 g/mol. The van der Waals surface area contributed by atoms with E-state index in [0.29, 0.717) is 12.5 Å². The number of ether oxygens (including phenoxy) is 1. The van der Waals surface area contributed by atoms with Crippen LogP contribution in [0.5, 0.6) is 0 Å². The quantitative estimate of drug-likeness (QED) is 0.788. The molecule has 0 aromatic rings.